The minimum Gasteiger partial charge on any atom is -0.481 e. The second-order valence-corrected chi connectivity index (χ2v) is 8.36. The van der Waals surface area contributed by atoms with Crippen LogP contribution in [0.3, 0.4) is 0 Å². The number of hydrogen-bond acceptors (Lipinski definition) is 5. The van der Waals surface area contributed by atoms with E-state index in [4.69, 9.17) is 10.5 Å². The van der Waals surface area contributed by atoms with Gasteiger partial charge in [-0.05, 0) is 25.3 Å². The Morgan fingerprint density at radius 1 is 1.14 bits per heavy atom. The van der Waals surface area contributed by atoms with Gasteiger partial charge in [-0.25, -0.2) is 0 Å². The van der Waals surface area contributed by atoms with Gasteiger partial charge >= 0.3 is 5.97 Å². The van der Waals surface area contributed by atoms with E-state index in [-0.39, 0.29) is 5.56 Å². The van der Waals surface area contributed by atoms with Gasteiger partial charge in [-0.15, -0.1) is 11.3 Å². The number of aryl methyl sites for hydroxylation is 1. The van der Waals surface area contributed by atoms with Crippen LogP contribution in [0.2, 0.25) is 0 Å². The number of fused-ring (bicyclic) bond motifs is 2. The fourth-order valence-corrected chi connectivity index (χ4v) is 5.42. The average Bonchev–Trinajstić information content (AvgIpc) is 3.34. The Bertz CT molecular complexity index is 955. The Morgan fingerprint density at radius 3 is 2.39 bits per heavy atom. The number of aliphatic carboxylic acids is 1. The topological polar surface area (TPSA) is 119 Å². The van der Waals surface area contributed by atoms with Gasteiger partial charge in [-0.3, -0.25) is 14.4 Å². The number of ether oxygens (including phenoxy) is 1. The molecule has 3 heterocycles. The van der Waals surface area contributed by atoms with E-state index in [1.54, 1.807) is 0 Å². The molecule has 2 bridgehead atoms. The van der Waals surface area contributed by atoms with Crippen molar-refractivity contribution in [1.29, 1.82) is 0 Å². The molecule has 0 radical (unpaired) electrons. The van der Waals surface area contributed by atoms with Crippen molar-refractivity contribution in [3.05, 3.63) is 40.8 Å². The van der Waals surface area contributed by atoms with Crippen LogP contribution >= 0.6 is 11.3 Å². The minimum atomic E-state index is -1.03. The minimum absolute atomic E-state index is 0.248. The van der Waals surface area contributed by atoms with Crippen LogP contribution in [0.5, 0.6) is 0 Å². The van der Waals surface area contributed by atoms with E-state index in [0.29, 0.717) is 23.4 Å². The van der Waals surface area contributed by atoms with Crippen LogP contribution in [0.15, 0.2) is 30.3 Å². The summed E-state index contributed by atoms with van der Waals surface area (Å²) in [6, 6.07) is 9.34. The summed E-state index contributed by atoms with van der Waals surface area (Å²) < 4.78 is 5.66. The number of thiophene rings is 1. The predicted molar refractivity (Wildman–Crippen MR) is 104 cm³/mol. The van der Waals surface area contributed by atoms with Gasteiger partial charge in [0.15, 0.2) is 0 Å². The normalized spacial score (nSPS) is 25.6. The SMILES string of the molecule is Cc1sc(NC(=O)[C@H]2[C@H](C(=O)O)[C@H]3CC[C@H]2O3)c(C(N)=O)c1-c1ccccc1. The lowest BCUT2D eigenvalue weighted by Crippen LogP contribution is -2.41. The predicted octanol–water partition coefficient (Wildman–Crippen LogP) is 2.64. The standard InChI is InChI=1S/C20H20N2O5S/c1-9-13(10-5-3-2-4-6-10)16(17(21)23)19(28-9)22-18(24)14-11-7-8-12(27-11)15(14)20(25)26/h2-6,11-12,14-15H,7-8H2,1H3,(H2,21,23)(H,22,24)(H,25,26)/t11-,12-,14-,15-/m1/s1. The van der Waals surface area contributed by atoms with E-state index < -0.39 is 41.8 Å². The molecule has 0 unspecified atom stereocenters. The second-order valence-electron chi connectivity index (χ2n) is 7.14. The molecule has 2 fully saturated rings. The number of carboxylic acid groups (broad SMARTS) is 1. The summed E-state index contributed by atoms with van der Waals surface area (Å²) in [4.78, 5) is 37.6. The van der Waals surface area contributed by atoms with Gasteiger partial charge in [0.2, 0.25) is 5.91 Å². The Balaban J connectivity index is 1.68. The number of rotatable bonds is 5. The van der Waals surface area contributed by atoms with E-state index in [1.807, 2.05) is 37.3 Å². The molecule has 4 N–H and O–H groups in total. The number of hydrogen-bond donors (Lipinski definition) is 3. The molecule has 1 aromatic carbocycles. The fourth-order valence-electron chi connectivity index (χ4n) is 4.34. The highest BCUT2D eigenvalue weighted by atomic mass is 32.1. The van der Waals surface area contributed by atoms with Gasteiger partial charge in [0.1, 0.15) is 5.00 Å². The van der Waals surface area contributed by atoms with E-state index >= 15 is 0 Å². The molecule has 2 aromatic rings. The first-order valence-electron chi connectivity index (χ1n) is 9.06. The molecule has 28 heavy (non-hydrogen) atoms. The maximum absolute atomic E-state index is 13.0. The van der Waals surface area contributed by atoms with Crippen molar-refractivity contribution in [2.75, 3.05) is 5.32 Å². The summed E-state index contributed by atoms with van der Waals surface area (Å²) in [6.07, 6.45) is 0.471. The van der Waals surface area contributed by atoms with Crippen molar-refractivity contribution in [1.82, 2.24) is 0 Å². The van der Waals surface area contributed by atoms with Crippen molar-refractivity contribution in [3.63, 3.8) is 0 Å². The average molecular weight is 400 g/mol. The molecule has 4 rings (SSSR count). The Morgan fingerprint density at radius 2 is 1.79 bits per heavy atom. The van der Waals surface area contributed by atoms with Crippen LogP contribution < -0.4 is 11.1 Å². The van der Waals surface area contributed by atoms with Crippen LogP contribution in [0, 0.1) is 18.8 Å². The van der Waals surface area contributed by atoms with Gasteiger partial charge in [-0.2, -0.15) is 0 Å². The van der Waals surface area contributed by atoms with Crippen molar-refractivity contribution < 1.29 is 24.2 Å². The highest BCUT2D eigenvalue weighted by molar-refractivity contribution is 7.17. The maximum atomic E-state index is 13.0. The van der Waals surface area contributed by atoms with Crippen LogP contribution in [0.25, 0.3) is 11.1 Å². The number of carboxylic acids is 1. The van der Waals surface area contributed by atoms with Gasteiger partial charge in [-0.1, -0.05) is 30.3 Å². The third kappa shape index (κ3) is 2.98. The van der Waals surface area contributed by atoms with Crippen molar-refractivity contribution in [2.24, 2.45) is 17.6 Å². The number of nitrogens with two attached hydrogens (primary N) is 1. The largest absolute Gasteiger partial charge is 0.481 e. The number of anilines is 1. The molecule has 1 aromatic heterocycles. The molecule has 0 saturated carbocycles. The molecule has 8 heteroatoms. The first kappa shape index (κ1) is 18.6. The summed E-state index contributed by atoms with van der Waals surface area (Å²) in [5, 5.41) is 12.6. The number of nitrogens with one attached hydrogen (secondary N) is 1. The zero-order valence-electron chi connectivity index (χ0n) is 15.2. The van der Waals surface area contributed by atoms with Crippen molar-refractivity contribution in [2.45, 2.75) is 32.0 Å². The molecule has 7 nitrogen and oxygen atoms in total. The molecule has 0 spiro atoms. The van der Waals surface area contributed by atoms with Gasteiger partial charge < -0.3 is 20.9 Å². The Hall–Kier alpha value is -2.71. The number of carbonyl (C=O) groups excluding carboxylic acids is 2. The number of amides is 2. The van der Waals surface area contributed by atoms with E-state index in [2.05, 4.69) is 5.32 Å². The monoisotopic (exact) mass is 400 g/mol. The smallest absolute Gasteiger partial charge is 0.310 e. The summed E-state index contributed by atoms with van der Waals surface area (Å²) >= 11 is 1.26. The summed E-state index contributed by atoms with van der Waals surface area (Å²) in [5.41, 5.74) is 7.40. The first-order chi connectivity index (χ1) is 13.4. The van der Waals surface area contributed by atoms with Crippen molar-refractivity contribution >= 4 is 34.1 Å². The van der Waals surface area contributed by atoms with Crippen LogP contribution in [0.4, 0.5) is 5.00 Å². The lowest BCUT2D eigenvalue weighted by molar-refractivity contribution is -0.147. The highest BCUT2D eigenvalue weighted by Crippen LogP contribution is 2.45. The second kappa shape index (κ2) is 7.03. The highest BCUT2D eigenvalue weighted by Gasteiger charge is 2.55. The number of carbonyl (C=O) groups is 3. The molecule has 0 aliphatic carbocycles. The zero-order chi connectivity index (χ0) is 20.0. The first-order valence-corrected chi connectivity index (χ1v) is 9.88. The van der Waals surface area contributed by atoms with Crippen LogP contribution in [-0.2, 0) is 14.3 Å². The lowest BCUT2D eigenvalue weighted by atomic mass is 9.78. The van der Waals surface area contributed by atoms with Crippen LogP contribution in [0.1, 0.15) is 28.1 Å². The van der Waals surface area contributed by atoms with Crippen molar-refractivity contribution in [3.8, 4) is 11.1 Å². The number of benzene rings is 1. The maximum Gasteiger partial charge on any atom is 0.310 e. The summed E-state index contributed by atoms with van der Waals surface area (Å²) in [6.45, 7) is 1.86. The third-order valence-electron chi connectivity index (χ3n) is 5.49. The zero-order valence-corrected chi connectivity index (χ0v) is 16.0. The van der Waals surface area contributed by atoms with E-state index in [0.717, 1.165) is 10.4 Å². The molecule has 2 saturated heterocycles. The number of primary amides is 1. The molecule has 146 valence electrons. The van der Waals surface area contributed by atoms with Gasteiger partial charge in [0, 0.05) is 10.4 Å². The van der Waals surface area contributed by atoms with Gasteiger partial charge in [0.05, 0.1) is 29.6 Å². The van der Waals surface area contributed by atoms with E-state index in [9.17, 15) is 19.5 Å². The molecular formula is C20H20N2O5S. The molecule has 2 aliphatic heterocycles. The molecular weight excluding hydrogens is 380 g/mol. The Kier molecular flexibility index (Phi) is 4.68. The summed E-state index contributed by atoms with van der Waals surface area (Å²) in [7, 11) is 0. The van der Waals surface area contributed by atoms with Crippen LogP contribution in [-0.4, -0.2) is 35.1 Å². The quantitative estimate of drug-likeness (QED) is 0.713. The van der Waals surface area contributed by atoms with Gasteiger partial charge in [0.25, 0.3) is 5.91 Å². The molecule has 2 amide bonds. The third-order valence-corrected chi connectivity index (χ3v) is 6.51. The Labute approximate surface area is 165 Å². The lowest BCUT2D eigenvalue weighted by Gasteiger charge is -2.23. The fraction of sp³-hybridized carbons (Fsp3) is 0.350. The van der Waals surface area contributed by atoms with E-state index in [1.165, 1.54) is 11.3 Å². The summed E-state index contributed by atoms with van der Waals surface area (Å²) in [5.74, 6) is -3.76. The molecule has 2 aliphatic rings. The molecule has 4 atom stereocenters.